The molecule has 2 aromatic rings. The van der Waals surface area contributed by atoms with Crippen molar-refractivity contribution in [3.8, 4) is 0 Å². The Morgan fingerprint density at radius 2 is 1.92 bits per heavy atom. The Morgan fingerprint density at radius 3 is 2.48 bits per heavy atom. The van der Waals surface area contributed by atoms with E-state index in [1.54, 1.807) is 18.3 Å². The number of aryl methyl sites for hydroxylation is 1. The molecule has 2 unspecified atom stereocenters. The molecule has 0 saturated heterocycles. The predicted molar refractivity (Wildman–Crippen MR) is 96.6 cm³/mol. The van der Waals surface area contributed by atoms with Gasteiger partial charge in [0, 0.05) is 19.7 Å². The summed E-state index contributed by atoms with van der Waals surface area (Å²) in [5.74, 6) is 2.10. The summed E-state index contributed by atoms with van der Waals surface area (Å²) in [6.45, 7) is 0.918. The van der Waals surface area contributed by atoms with Gasteiger partial charge in [0.1, 0.15) is 5.82 Å². The van der Waals surface area contributed by atoms with Gasteiger partial charge >= 0.3 is 0 Å². The van der Waals surface area contributed by atoms with Crippen LogP contribution >= 0.6 is 0 Å². The number of sulfonamides is 1. The van der Waals surface area contributed by atoms with Gasteiger partial charge in [0.25, 0.3) is 0 Å². The second-order valence-corrected chi connectivity index (χ2v) is 8.92. The van der Waals surface area contributed by atoms with Crippen LogP contribution in [0.25, 0.3) is 0 Å². The lowest BCUT2D eigenvalue weighted by molar-refractivity contribution is 0.469. The highest BCUT2D eigenvalue weighted by Gasteiger charge is 2.64. The number of anilines is 1. The van der Waals surface area contributed by atoms with Crippen LogP contribution in [0.4, 0.5) is 5.82 Å². The van der Waals surface area contributed by atoms with E-state index < -0.39 is 10.0 Å². The summed E-state index contributed by atoms with van der Waals surface area (Å²) < 4.78 is 24.8. The van der Waals surface area contributed by atoms with Crippen LogP contribution in [0.3, 0.4) is 0 Å². The normalized spacial score (nSPS) is 24.6. The molecule has 4 rings (SSSR count). The number of rotatable bonds is 5. The SMILES string of the molecule is Cn1nccc1NCC1C(c2ccc(S(N)(=O)=O)cc2)C12CCCC2. The Labute approximate surface area is 148 Å². The van der Waals surface area contributed by atoms with Crippen LogP contribution in [-0.2, 0) is 17.1 Å². The van der Waals surface area contributed by atoms with Crippen molar-refractivity contribution in [1.29, 1.82) is 0 Å². The summed E-state index contributed by atoms with van der Waals surface area (Å²) in [6, 6.07) is 9.14. The van der Waals surface area contributed by atoms with E-state index in [1.165, 1.54) is 31.2 Å². The fourth-order valence-electron chi connectivity index (χ4n) is 4.80. The molecule has 7 heteroatoms. The van der Waals surface area contributed by atoms with Gasteiger partial charge in [-0.3, -0.25) is 4.68 Å². The van der Waals surface area contributed by atoms with E-state index in [1.807, 2.05) is 29.9 Å². The van der Waals surface area contributed by atoms with Crippen molar-refractivity contribution in [2.45, 2.75) is 36.5 Å². The van der Waals surface area contributed by atoms with E-state index in [2.05, 4.69) is 10.4 Å². The van der Waals surface area contributed by atoms with Gasteiger partial charge in [0.05, 0.1) is 11.1 Å². The van der Waals surface area contributed by atoms with E-state index in [4.69, 9.17) is 5.14 Å². The number of nitrogens with zero attached hydrogens (tertiary/aromatic N) is 2. The molecule has 1 aromatic heterocycles. The Bertz CT molecular complexity index is 867. The summed E-state index contributed by atoms with van der Waals surface area (Å²) in [6.07, 6.45) is 6.88. The molecule has 0 aliphatic heterocycles. The molecule has 3 N–H and O–H groups in total. The minimum atomic E-state index is -3.63. The molecule has 25 heavy (non-hydrogen) atoms. The van der Waals surface area contributed by atoms with Gasteiger partial charge in [-0.2, -0.15) is 5.10 Å². The van der Waals surface area contributed by atoms with Crippen LogP contribution in [0, 0.1) is 11.3 Å². The quantitative estimate of drug-likeness (QED) is 0.857. The van der Waals surface area contributed by atoms with Crippen LogP contribution in [0.1, 0.15) is 37.2 Å². The molecular weight excluding hydrogens is 336 g/mol. The highest BCUT2D eigenvalue weighted by Crippen LogP contribution is 2.72. The monoisotopic (exact) mass is 360 g/mol. The summed E-state index contributed by atoms with van der Waals surface area (Å²) in [4.78, 5) is 0.182. The maximum atomic E-state index is 11.5. The van der Waals surface area contributed by atoms with E-state index in [9.17, 15) is 8.42 Å². The number of benzene rings is 1. The first-order valence-electron chi connectivity index (χ1n) is 8.76. The van der Waals surface area contributed by atoms with Crippen molar-refractivity contribution in [2.24, 2.45) is 23.5 Å². The molecule has 2 aliphatic rings. The molecule has 1 aromatic carbocycles. The zero-order chi connectivity index (χ0) is 17.7. The summed E-state index contributed by atoms with van der Waals surface area (Å²) in [7, 11) is -1.70. The highest BCUT2D eigenvalue weighted by molar-refractivity contribution is 7.89. The minimum absolute atomic E-state index is 0.182. The van der Waals surface area contributed by atoms with Crippen LogP contribution in [-0.4, -0.2) is 24.7 Å². The molecule has 1 heterocycles. The van der Waals surface area contributed by atoms with E-state index in [-0.39, 0.29) is 4.90 Å². The minimum Gasteiger partial charge on any atom is -0.370 e. The van der Waals surface area contributed by atoms with Gasteiger partial charge in [0.2, 0.25) is 10.0 Å². The van der Waals surface area contributed by atoms with E-state index in [0.29, 0.717) is 17.3 Å². The van der Waals surface area contributed by atoms with Gasteiger partial charge < -0.3 is 5.32 Å². The maximum Gasteiger partial charge on any atom is 0.238 e. The molecule has 2 saturated carbocycles. The largest absolute Gasteiger partial charge is 0.370 e. The van der Waals surface area contributed by atoms with Crippen LogP contribution in [0.2, 0.25) is 0 Å². The van der Waals surface area contributed by atoms with Crippen molar-refractivity contribution in [1.82, 2.24) is 9.78 Å². The van der Waals surface area contributed by atoms with E-state index >= 15 is 0 Å². The third-order valence-electron chi connectivity index (χ3n) is 6.08. The Balaban J connectivity index is 1.54. The zero-order valence-electron chi connectivity index (χ0n) is 14.4. The number of hydrogen-bond donors (Lipinski definition) is 2. The average molecular weight is 360 g/mol. The van der Waals surface area contributed by atoms with Crippen molar-refractivity contribution < 1.29 is 8.42 Å². The summed E-state index contributed by atoms with van der Waals surface area (Å²) in [5, 5.41) is 12.9. The summed E-state index contributed by atoms with van der Waals surface area (Å²) in [5.41, 5.74) is 1.60. The van der Waals surface area contributed by atoms with Crippen molar-refractivity contribution in [3.05, 3.63) is 42.1 Å². The summed E-state index contributed by atoms with van der Waals surface area (Å²) >= 11 is 0. The third kappa shape index (κ3) is 2.85. The number of nitrogens with two attached hydrogens (primary N) is 1. The van der Waals surface area contributed by atoms with Gasteiger partial charge in [0.15, 0.2) is 0 Å². The lowest BCUT2D eigenvalue weighted by Gasteiger charge is -2.10. The van der Waals surface area contributed by atoms with Crippen LogP contribution in [0.5, 0.6) is 0 Å². The molecule has 0 bridgehead atoms. The standard InChI is InChI=1S/C18H24N4O2S/c1-22-16(8-11-21-22)20-12-15-17(18(15)9-2-3-10-18)13-4-6-14(7-5-13)25(19,23)24/h4-8,11,15,17,20H,2-3,9-10,12H2,1H3,(H2,19,23,24). The fraction of sp³-hybridized carbons (Fsp3) is 0.500. The van der Waals surface area contributed by atoms with Gasteiger partial charge in [-0.15, -0.1) is 0 Å². The molecular formula is C18H24N4O2S. The zero-order valence-corrected chi connectivity index (χ0v) is 15.2. The molecule has 1 spiro atoms. The maximum absolute atomic E-state index is 11.5. The Morgan fingerprint density at radius 1 is 1.24 bits per heavy atom. The number of aromatic nitrogens is 2. The predicted octanol–water partition coefficient (Wildman–Crippen LogP) is 2.45. The Kier molecular flexibility index (Phi) is 3.88. The third-order valence-corrected chi connectivity index (χ3v) is 7.01. The molecule has 2 fully saturated rings. The first kappa shape index (κ1) is 16.6. The van der Waals surface area contributed by atoms with E-state index in [0.717, 1.165) is 12.4 Å². The molecule has 0 amide bonds. The second kappa shape index (κ2) is 5.85. The van der Waals surface area contributed by atoms with Gasteiger partial charge in [-0.1, -0.05) is 25.0 Å². The lowest BCUT2D eigenvalue weighted by Crippen LogP contribution is -2.12. The number of primary sulfonamides is 1. The highest BCUT2D eigenvalue weighted by atomic mass is 32.2. The van der Waals surface area contributed by atoms with Crippen LogP contribution in [0.15, 0.2) is 41.4 Å². The molecule has 2 aliphatic carbocycles. The number of nitrogens with one attached hydrogen (secondary N) is 1. The lowest BCUT2D eigenvalue weighted by atomic mass is 9.97. The van der Waals surface area contributed by atoms with Gasteiger partial charge in [-0.25, -0.2) is 13.6 Å². The smallest absolute Gasteiger partial charge is 0.238 e. The first-order chi connectivity index (χ1) is 11.9. The first-order valence-corrected chi connectivity index (χ1v) is 10.3. The molecule has 6 nitrogen and oxygen atoms in total. The number of hydrogen-bond acceptors (Lipinski definition) is 4. The fourth-order valence-corrected chi connectivity index (χ4v) is 5.32. The second-order valence-electron chi connectivity index (χ2n) is 7.36. The Hall–Kier alpha value is -1.86. The average Bonchev–Trinajstić information content (AvgIpc) is 2.90. The van der Waals surface area contributed by atoms with Crippen molar-refractivity contribution >= 4 is 15.8 Å². The molecule has 0 radical (unpaired) electrons. The van der Waals surface area contributed by atoms with Gasteiger partial charge in [-0.05, 0) is 47.8 Å². The van der Waals surface area contributed by atoms with Crippen LogP contribution < -0.4 is 10.5 Å². The topological polar surface area (TPSA) is 90.0 Å². The van der Waals surface area contributed by atoms with Crippen molar-refractivity contribution in [3.63, 3.8) is 0 Å². The van der Waals surface area contributed by atoms with Crippen molar-refractivity contribution in [2.75, 3.05) is 11.9 Å². The molecule has 134 valence electrons. The molecule has 2 atom stereocenters.